The average molecular weight is 251 g/mol. The Kier molecular flexibility index (Phi) is 7.65. The van der Waals surface area contributed by atoms with Gasteiger partial charge in [0.25, 0.3) is 0 Å². The van der Waals surface area contributed by atoms with Crippen LogP contribution in [0.3, 0.4) is 0 Å². The van der Waals surface area contributed by atoms with Gasteiger partial charge in [-0.15, -0.1) is 0 Å². The van der Waals surface area contributed by atoms with Crippen LogP contribution < -0.4 is 5.73 Å². The Morgan fingerprint density at radius 2 is 1.78 bits per heavy atom. The van der Waals surface area contributed by atoms with Crippen LogP contribution in [0.25, 0.3) is 0 Å². The van der Waals surface area contributed by atoms with Gasteiger partial charge < -0.3 is 15.2 Å². The Bertz CT molecular complexity index is 303. The van der Waals surface area contributed by atoms with Crippen molar-refractivity contribution < 1.29 is 9.47 Å². The van der Waals surface area contributed by atoms with E-state index in [1.165, 1.54) is 0 Å². The topological polar surface area (TPSA) is 44.5 Å². The summed E-state index contributed by atoms with van der Waals surface area (Å²) in [5.74, 6) is 0. The molecule has 0 amide bonds. The molecular weight excluding hydrogens is 226 g/mol. The smallest absolute Gasteiger partial charge is 0.0766 e. The minimum atomic E-state index is -0.0672. The first-order chi connectivity index (χ1) is 8.79. The van der Waals surface area contributed by atoms with Crippen LogP contribution >= 0.6 is 0 Å². The average Bonchev–Trinajstić information content (AvgIpc) is 2.43. The van der Waals surface area contributed by atoms with E-state index in [9.17, 15) is 0 Å². The fourth-order valence-corrected chi connectivity index (χ4v) is 1.87. The van der Waals surface area contributed by atoms with E-state index < -0.39 is 0 Å². The van der Waals surface area contributed by atoms with E-state index in [2.05, 4.69) is 13.8 Å². The summed E-state index contributed by atoms with van der Waals surface area (Å²) in [6.07, 6.45) is 2.00. The predicted octanol–water partition coefficient (Wildman–Crippen LogP) is 2.91. The van der Waals surface area contributed by atoms with E-state index in [0.717, 1.165) is 25.0 Å². The maximum absolute atomic E-state index is 6.22. The van der Waals surface area contributed by atoms with Crippen molar-refractivity contribution in [1.82, 2.24) is 0 Å². The van der Waals surface area contributed by atoms with Crippen molar-refractivity contribution in [3.63, 3.8) is 0 Å². The van der Waals surface area contributed by atoms with E-state index in [1.807, 2.05) is 30.3 Å². The maximum atomic E-state index is 6.22. The number of hydrogen-bond acceptors (Lipinski definition) is 3. The summed E-state index contributed by atoms with van der Waals surface area (Å²) in [6.45, 7) is 6.25. The largest absolute Gasteiger partial charge is 0.379 e. The molecule has 18 heavy (non-hydrogen) atoms. The second-order valence-electron chi connectivity index (χ2n) is 4.37. The van der Waals surface area contributed by atoms with E-state index in [1.54, 1.807) is 0 Å². The third kappa shape index (κ3) is 5.17. The molecule has 0 radical (unpaired) electrons. The highest BCUT2D eigenvalue weighted by Gasteiger charge is 2.17. The van der Waals surface area contributed by atoms with Gasteiger partial charge >= 0.3 is 0 Å². The summed E-state index contributed by atoms with van der Waals surface area (Å²) in [5.41, 5.74) is 7.35. The van der Waals surface area contributed by atoms with Crippen LogP contribution in [0.5, 0.6) is 0 Å². The van der Waals surface area contributed by atoms with Crippen molar-refractivity contribution in [3.8, 4) is 0 Å². The molecule has 0 heterocycles. The predicted molar refractivity (Wildman–Crippen MR) is 74.5 cm³/mol. The second kappa shape index (κ2) is 9.09. The van der Waals surface area contributed by atoms with Crippen LogP contribution in [-0.2, 0) is 9.47 Å². The Labute approximate surface area is 110 Å². The Morgan fingerprint density at radius 1 is 1.06 bits per heavy atom. The molecule has 0 saturated heterocycles. The third-order valence-electron chi connectivity index (χ3n) is 2.90. The number of ether oxygens (including phenoxy) is 2. The van der Waals surface area contributed by atoms with Gasteiger partial charge in [0.2, 0.25) is 0 Å². The van der Waals surface area contributed by atoms with Gasteiger partial charge in [0.05, 0.1) is 25.4 Å². The highest BCUT2D eigenvalue weighted by molar-refractivity contribution is 5.19. The minimum absolute atomic E-state index is 0.0534. The second-order valence-corrected chi connectivity index (χ2v) is 4.37. The lowest BCUT2D eigenvalue weighted by Gasteiger charge is -2.23. The summed E-state index contributed by atoms with van der Waals surface area (Å²) < 4.78 is 11.2. The van der Waals surface area contributed by atoms with Gasteiger partial charge in [-0.25, -0.2) is 0 Å². The highest BCUT2D eigenvalue weighted by atomic mass is 16.5. The molecule has 0 bridgehead atoms. The van der Waals surface area contributed by atoms with Crippen LogP contribution in [0.15, 0.2) is 30.3 Å². The molecule has 0 aliphatic heterocycles. The Hall–Kier alpha value is -0.900. The van der Waals surface area contributed by atoms with Crippen LogP contribution in [0, 0.1) is 0 Å². The van der Waals surface area contributed by atoms with Crippen molar-refractivity contribution in [2.45, 2.75) is 38.8 Å². The van der Waals surface area contributed by atoms with Crippen molar-refractivity contribution in [3.05, 3.63) is 35.9 Å². The zero-order valence-corrected chi connectivity index (χ0v) is 11.5. The first-order valence-electron chi connectivity index (χ1n) is 6.79. The first kappa shape index (κ1) is 15.2. The molecular formula is C15H25NO2. The van der Waals surface area contributed by atoms with E-state index in [-0.39, 0.29) is 12.1 Å². The fraction of sp³-hybridized carbons (Fsp3) is 0.600. The number of benzene rings is 1. The lowest BCUT2D eigenvalue weighted by atomic mass is 10.0. The number of hydrogen-bond donors (Lipinski definition) is 1. The SMILES string of the molecule is CCCOCCOC(CC)C(N)c1ccccc1. The minimum Gasteiger partial charge on any atom is -0.379 e. The van der Waals surface area contributed by atoms with Gasteiger partial charge in [0, 0.05) is 6.61 Å². The molecule has 0 aromatic heterocycles. The molecule has 3 nitrogen and oxygen atoms in total. The summed E-state index contributed by atoms with van der Waals surface area (Å²) in [6, 6.07) is 10.0. The Morgan fingerprint density at radius 3 is 2.39 bits per heavy atom. The lowest BCUT2D eigenvalue weighted by Crippen LogP contribution is -2.29. The fourth-order valence-electron chi connectivity index (χ4n) is 1.87. The quantitative estimate of drug-likeness (QED) is 0.686. The normalized spacial score (nSPS) is 14.4. The zero-order chi connectivity index (χ0) is 13.2. The van der Waals surface area contributed by atoms with Gasteiger partial charge in [-0.2, -0.15) is 0 Å². The van der Waals surface area contributed by atoms with Crippen LogP contribution in [-0.4, -0.2) is 25.9 Å². The summed E-state index contributed by atoms with van der Waals surface area (Å²) in [7, 11) is 0. The van der Waals surface area contributed by atoms with Crippen molar-refractivity contribution >= 4 is 0 Å². The highest BCUT2D eigenvalue weighted by Crippen LogP contribution is 2.18. The molecule has 0 spiro atoms. The van der Waals surface area contributed by atoms with Crippen LogP contribution in [0.4, 0.5) is 0 Å². The summed E-state index contributed by atoms with van der Waals surface area (Å²) in [4.78, 5) is 0. The molecule has 2 unspecified atom stereocenters. The maximum Gasteiger partial charge on any atom is 0.0766 e. The molecule has 0 fully saturated rings. The Balaban J connectivity index is 2.36. The monoisotopic (exact) mass is 251 g/mol. The van der Waals surface area contributed by atoms with Crippen molar-refractivity contribution in [2.75, 3.05) is 19.8 Å². The third-order valence-corrected chi connectivity index (χ3v) is 2.90. The molecule has 1 rings (SSSR count). The summed E-state index contributed by atoms with van der Waals surface area (Å²) in [5, 5.41) is 0. The van der Waals surface area contributed by atoms with Crippen molar-refractivity contribution in [2.24, 2.45) is 5.73 Å². The van der Waals surface area contributed by atoms with E-state index >= 15 is 0 Å². The van der Waals surface area contributed by atoms with E-state index in [0.29, 0.717) is 13.2 Å². The molecule has 0 aliphatic carbocycles. The van der Waals surface area contributed by atoms with Crippen LogP contribution in [0.1, 0.15) is 38.3 Å². The molecule has 1 aromatic carbocycles. The molecule has 3 heteroatoms. The number of rotatable bonds is 9. The van der Waals surface area contributed by atoms with E-state index in [4.69, 9.17) is 15.2 Å². The van der Waals surface area contributed by atoms with Gasteiger partial charge in [-0.3, -0.25) is 0 Å². The van der Waals surface area contributed by atoms with Gasteiger partial charge in [-0.05, 0) is 18.4 Å². The van der Waals surface area contributed by atoms with Crippen LogP contribution in [0.2, 0.25) is 0 Å². The van der Waals surface area contributed by atoms with Gasteiger partial charge in [-0.1, -0.05) is 44.2 Å². The zero-order valence-electron chi connectivity index (χ0n) is 11.5. The standard InChI is InChI=1S/C15H25NO2/c1-3-10-17-11-12-18-14(4-2)15(16)13-8-6-5-7-9-13/h5-9,14-15H,3-4,10-12,16H2,1-2H3. The molecule has 2 atom stereocenters. The number of nitrogens with two attached hydrogens (primary N) is 1. The molecule has 102 valence electrons. The van der Waals surface area contributed by atoms with Gasteiger partial charge in [0.1, 0.15) is 0 Å². The molecule has 0 aliphatic rings. The first-order valence-corrected chi connectivity index (χ1v) is 6.79. The molecule has 0 saturated carbocycles. The lowest BCUT2D eigenvalue weighted by molar-refractivity contribution is -0.00771. The molecule has 2 N–H and O–H groups in total. The van der Waals surface area contributed by atoms with Gasteiger partial charge in [0.15, 0.2) is 0 Å². The molecule has 1 aromatic rings. The summed E-state index contributed by atoms with van der Waals surface area (Å²) >= 11 is 0. The van der Waals surface area contributed by atoms with Crippen molar-refractivity contribution in [1.29, 1.82) is 0 Å².